The molecule has 0 aromatic heterocycles. The van der Waals surface area contributed by atoms with Crippen LogP contribution in [0.5, 0.6) is 0 Å². The SMILES string of the molecule is CC[C@@H]1C[C@H](N(Cc2cc(C(F)(F)F)cc(C(F)(F)F)c2)C(=O)OC)c2ccccc2[N+]1(C(=O)OC(C)C)C(F)(F)F. The van der Waals surface area contributed by atoms with Crippen molar-refractivity contribution in [2.45, 2.75) is 77.0 Å². The Labute approximate surface area is 235 Å². The first-order chi connectivity index (χ1) is 19.3. The van der Waals surface area contributed by atoms with Crippen LogP contribution in [0, 0.1) is 0 Å². The van der Waals surface area contributed by atoms with E-state index in [1.165, 1.54) is 39.0 Å². The van der Waals surface area contributed by atoms with Crippen molar-refractivity contribution in [3.05, 3.63) is 64.7 Å². The number of rotatable bonds is 5. The summed E-state index contributed by atoms with van der Waals surface area (Å²) < 4.78 is 133. The summed E-state index contributed by atoms with van der Waals surface area (Å²) in [6.45, 7) is 3.24. The van der Waals surface area contributed by atoms with Crippen LogP contribution < -0.4 is 4.48 Å². The lowest BCUT2D eigenvalue weighted by Gasteiger charge is -2.47. The van der Waals surface area contributed by atoms with Gasteiger partial charge in [0.05, 0.1) is 24.3 Å². The van der Waals surface area contributed by atoms with Crippen LogP contribution in [0.1, 0.15) is 61.9 Å². The van der Waals surface area contributed by atoms with Gasteiger partial charge in [0, 0.05) is 24.6 Å². The van der Waals surface area contributed by atoms with E-state index in [1.54, 1.807) is 0 Å². The minimum Gasteiger partial charge on any atom is -0.453 e. The number of fused-ring (bicyclic) bond motifs is 1. The van der Waals surface area contributed by atoms with Crippen molar-refractivity contribution in [1.82, 2.24) is 9.38 Å². The zero-order valence-corrected chi connectivity index (χ0v) is 22.8. The average Bonchev–Trinajstić information content (AvgIpc) is 2.88. The van der Waals surface area contributed by atoms with Gasteiger partial charge >= 0.3 is 30.8 Å². The Bertz CT molecular complexity index is 1280. The number of para-hydroxylation sites is 1. The highest BCUT2D eigenvalue weighted by Crippen LogP contribution is 2.52. The predicted molar refractivity (Wildman–Crippen MR) is 132 cm³/mol. The van der Waals surface area contributed by atoms with E-state index in [4.69, 9.17) is 9.47 Å². The second-order valence-electron chi connectivity index (χ2n) is 10.0. The quantitative estimate of drug-likeness (QED) is 0.192. The highest BCUT2D eigenvalue weighted by molar-refractivity contribution is 5.86. The van der Waals surface area contributed by atoms with Gasteiger partial charge in [-0.2, -0.15) is 31.1 Å². The van der Waals surface area contributed by atoms with E-state index in [2.05, 4.69) is 0 Å². The monoisotopic (exact) mass is 615 g/mol. The zero-order valence-electron chi connectivity index (χ0n) is 22.8. The van der Waals surface area contributed by atoms with Gasteiger partial charge < -0.3 is 9.47 Å². The molecule has 1 aliphatic rings. The topological polar surface area (TPSA) is 55.8 Å². The van der Waals surface area contributed by atoms with Crippen LogP contribution in [-0.2, 0) is 28.4 Å². The minimum atomic E-state index is -5.23. The van der Waals surface area contributed by atoms with Crippen LogP contribution in [0.15, 0.2) is 42.5 Å². The van der Waals surface area contributed by atoms with Gasteiger partial charge in [-0.1, -0.05) is 29.6 Å². The molecule has 232 valence electrons. The Hall–Kier alpha value is -3.49. The number of ether oxygens (including phenoxy) is 2. The van der Waals surface area contributed by atoms with Crippen molar-refractivity contribution >= 4 is 17.9 Å². The van der Waals surface area contributed by atoms with Crippen molar-refractivity contribution in [3.8, 4) is 0 Å². The molecule has 0 bridgehead atoms. The Kier molecular flexibility index (Phi) is 9.16. The number of benzene rings is 2. The van der Waals surface area contributed by atoms with Gasteiger partial charge in [0.25, 0.3) is 0 Å². The molecule has 2 amide bonds. The minimum absolute atomic E-state index is 0.0789. The summed E-state index contributed by atoms with van der Waals surface area (Å²) in [7, 11) is 0.907. The first-order valence-corrected chi connectivity index (χ1v) is 12.7. The summed E-state index contributed by atoms with van der Waals surface area (Å²) >= 11 is 0. The second-order valence-corrected chi connectivity index (χ2v) is 10.0. The molecule has 1 aliphatic heterocycles. The number of hydrogen-bond acceptors (Lipinski definition) is 4. The Balaban J connectivity index is 2.26. The Morgan fingerprint density at radius 3 is 1.95 bits per heavy atom. The lowest BCUT2D eigenvalue weighted by Crippen LogP contribution is -2.71. The lowest BCUT2D eigenvalue weighted by molar-refractivity contribution is -0.241. The van der Waals surface area contributed by atoms with E-state index in [9.17, 15) is 49.1 Å². The highest BCUT2D eigenvalue weighted by atomic mass is 19.4. The van der Waals surface area contributed by atoms with Gasteiger partial charge in [-0.15, -0.1) is 13.2 Å². The molecule has 15 heteroatoms. The van der Waals surface area contributed by atoms with Gasteiger partial charge in [0.1, 0.15) is 12.1 Å². The molecule has 0 N–H and O–H groups in total. The molecule has 0 saturated heterocycles. The maximum absolute atomic E-state index is 15.0. The Morgan fingerprint density at radius 2 is 1.50 bits per heavy atom. The van der Waals surface area contributed by atoms with Crippen LogP contribution in [-0.4, -0.2) is 42.6 Å². The fraction of sp³-hybridized carbons (Fsp3) is 0.481. The first kappa shape index (κ1) is 33.0. The summed E-state index contributed by atoms with van der Waals surface area (Å²) in [4.78, 5) is 27.0. The van der Waals surface area contributed by atoms with Gasteiger partial charge in [-0.25, -0.2) is 4.79 Å². The summed E-state index contributed by atoms with van der Waals surface area (Å²) in [5.41, 5.74) is -4.63. The van der Waals surface area contributed by atoms with Crippen LogP contribution in [0.3, 0.4) is 0 Å². The molecular formula is C27H28F9N2O4+. The summed E-state index contributed by atoms with van der Waals surface area (Å²) in [5, 5.41) is 0. The number of nitrogens with zero attached hydrogens (tertiary/aromatic N) is 2. The van der Waals surface area contributed by atoms with E-state index >= 15 is 0 Å². The molecule has 42 heavy (non-hydrogen) atoms. The smallest absolute Gasteiger partial charge is 0.453 e. The van der Waals surface area contributed by atoms with Crippen molar-refractivity contribution in [3.63, 3.8) is 0 Å². The standard InChI is InChI=1S/C27H28F9N2O4/c1-5-19-13-21(20-8-6-7-9-22(20)38(19,27(34,35)36)24(40)42-15(2)3)37(23(39)41-4)14-16-10-17(25(28,29)30)12-18(11-16)26(31,32)33/h6-12,15,19,21H,5,13-14H2,1-4H3/q+1/t19-,21+,38?/m1/s1. The molecule has 6 nitrogen and oxygen atoms in total. The second kappa shape index (κ2) is 11.7. The molecule has 0 saturated carbocycles. The molecular weight excluding hydrogens is 587 g/mol. The average molecular weight is 616 g/mol. The molecule has 2 aromatic rings. The number of carbonyl (C=O) groups excluding carboxylic acids is 2. The number of amides is 2. The molecule has 1 unspecified atom stereocenters. The van der Waals surface area contributed by atoms with Crippen LogP contribution in [0.4, 0.5) is 54.8 Å². The first-order valence-electron chi connectivity index (χ1n) is 12.7. The summed E-state index contributed by atoms with van der Waals surface area (Å²) in [5.74, 6) is 0. The van der Waals surface area contributed by atoms with Gasteiger partial charge in [0.2, 0.25) is 0 Å². The van der Waals surface area contributed by atoms with Gasteiger partial charge in [0.15, 0.2) is 5.69 Å². The molecule has 3 atom stereocenters. The number of methoxy groups -OCH3 is 1. The number of quaternary nitrogens is 1. The third kappa shape index (κ3) is 6.15. The van der Waals surface area contributed by atoms with E-state index in [-0.39, 0.29) is 18.1 Å². The normalized spacial score (nSPS) is 21.1. The number of alkyl halides is 9. The molecule has 1 heterocycles. The number of hydrogen-bond donors (Lipinski definition) is 0. The van der Waals surface area contributed by atoms with Crippen LogP contribution in [0.2, 0.25) is 0 Å². The van der Waals surface area contributed by atoms with E-state index in [0.717, 1.165) is 18.1 Å². The third-order valence-corrected chi connectivity index (χ3v) is 7.00. The fourth-order valence-corrected chi connectivity index (χ4v) is 5.27. The number of halogens is 9. The van der Waals surface area contributed by atoms with Crippen molar-refractivity contribution in [1.29, 1.82) is 0 Å². The molecule has 0 radical (unpaired) electrons. The number of carbonyl (C=O) groups is 2. The Morgan fingerprint density at radius 1 is 0.952 bits per heavy atom. The maximum atomic E-state index is 15.0. The molecule has 0 fully saturated rings. The third-order valence-electron chi connectivity index (χ3n) is 7.00. The van der Waals surface area contributed by atoms with Gasteiger partial charge in [-0.3, -0.25) is 4.90 Å². The maximum Gasteiger partial charge on any atom is 0.576 e. The fourth-order valence-electron chi connectivity index (χ4n) is 5.27. The van der Waals surface area contributed by atoms with Crippen molar-refractivity contribution < 1.29 is 58.6 Å². The van der Waals surface area contributed by atoms with E-state index < -0.39 is 88.9 Å². The molecule has 0 spiro atoms. The summed E-state index contributed by atoms with van der Waals surface area (Å²) in [6, 6.07) is 2.65. The predicted octanol–water partition coefficient (Wildman–Crippen LogP) is 8.59. The van der Waals surface area contributed by atoms with Crippen molar-refractivity contribution in [2.75, 3.05) is 7.11 Å². The largest absolute Gasteiger partial charge is 0.576 e. The van der Waals surface area contributed by atoms with E-state index in [1.807, 2.05) is 0 Å². The van der Waals surface area contributed by atoms with Crippen molar-refractivity contribution in [2.24, 2.45) is 0 Å². The summed E-state index contributed by atoms with van der Waals surface area (Å²) in [6.07, 6.45) is -20.1. The van der Waals surface area contributed by atoms with Gasteiger partial charge in [-0.05, 0) is 44.0 Å². The molecule has 3 rings (SSSR count). The van der Waals surface area contributed by atoms with Crippen LogP contribution >= 0.6 is 0 Å². The van der Waals surface area contributed by atoms with E-state index in [0.29, 0.717) is 12.1 Å². The highest BCUT2D eigenvalue weighted by Gasteiger charge is 2.70. The lowest BCUT2D eigenvalue weighted by atomic mass is 9.86. The zero-order chi connectivity index (χ0) is 31.8. The molecule has 0 aliphatic carbocycles. The van der Waals surface area contributed by atoms with Crippen LogP contribution in [0.25, 0.3) is 0 Å². The molecule has 2 aromatic carbocycles.